The highest BCUT2D eigenvalue weighted by Gasteiger charge is 2.59. The topological polar surface area (TPSA) is 29.4 Å². The highest BCUT2D eigenvalue weighted by molar-refractivity contribution is 7.83. The van der Waals surface area contributed by atoms with E-state index in [2.05, 4.69) is 0 Å². The fraction of sp³-hybridized carbons (Fsp3) is 1.00. The van der Waals surface area contributed by atoms with Crippen LogP contribution in [0.25, 0.3) is 0 Å². The van der Waals surface area contributed by atoms with Gasteiger partial charge in [0, 0.05) is 0 Å². The maximum absolute atomic E-state index is 11.5. The van der Waals surface area contributed by atoms with Crippen LogP contribution in [0.15, 0.2) is 4.36 Å². The van der Waals surface area contributed by atoms with Crippen molar-refractivity contribution in [2.45, 2.75) is 12.2 Å². The first-order valence-corrected chi connectivity index (χ1v) is 3.39. The minimum atomic E-state index is -6.46. The third kappa shape index (κ3) is 3.24. The molecule has 74 valence electrons. The van der Waals surface area contributed by atoms with Crippen LogP contribution in [0.1, 0.15) is 0 Å². The van der Waals surface area contributed by atoms with Gasteiger partial charge in [-0.1, -0.05) is 7.77 Å². The summed E-state index contributed by atoms with van der Waals surface area (Å²) in [4.78, 5) is 0. The van der Waals surface area contributed by atoms with Crippen LogP contribution < -0.4 is 0 Å². The van der Waals surface area contributed by atoms with Gasteiger partial charge in [0.2, 0.25) is 0 Å². The molecule has 0 heterocycles. The van der Waals surface area contributed by atoms with E-state index in [9.17, 15) is 29.7 Å². The standard InChI is InChI=1S/C2F7NOS/c3-1(4,5)2(6,7)10-12(8,9)11. The molecule has 0 aromatic rings. The van der Waals surface area contributed by atoms with E-state index in [0.717, 1.165) is 0 Å². The Hall–Kier alpha value is -0.540. The summed E-state index contributed by atoms with van der Waals surface area (Å²) in [5.41, 5.74) is 0. The Labute approximate surface area is 62.1 Å². The van der Waals surface area contributed by atoms with Crippen molar-refractivity contribution in [3.05, 3.63) is 0 Å². The van der Waals surface area contributed by atoms with E-state index in [4.69, 9.17) is 4.21 Å². The van der Waals surface area contributed by atoms with Crippen molar-refractivity contribution in [1.82, 2.24) is 0 Å². The molecular weight excluding hydrogens is 219 g/mol. The predicted molar refractivity (Wildman–Crippen MR) is 23.8 cm³/mol. The molecule has 0 spiro atoms. The number of alkyl halides is 5. The molecule has 0 bridgehead atoms. The summed E-state index contributed by atoms with van der Waals surface area (Å²) in [6.07, 6.45) is -6.26. The van der Waals surface area contributed by atoms with Crippen LogP contribution in [0, 0.1) is 0 Å². The minimum Gasteiger partial charge on any atom is -0.180 e. The van der Waals surface area contributed by atoms with Gasteiger partial charge in [0.1, 0.15) is 0 Å². The first-order chi connectivity index (χ1) is 4.96. The van der Waals surface area contributed by atoms with Crippen LogP contribution in [0.2, 0.25) is 0 Å². The molecule has 12 heavy (non-hydrogen) atoms. The number of hydrogen-bond donors (Lipinski definition) is 0. The van der Waals surface area contributed by atoms with E-state index >= 15 is 0 Å². The van der Waals surface area contributed by atoms with E-state index < -0.39 is 22.7 Å². The molecule has 0 aromatic heterocycles. The van der Waals surface area contributed by atoms with Gasteiger partial charge in [0.05, 0.1) is 0 Å². The highest BCUT2D eigenvalue weighted by atomic mass is 32.3. The first kappa shape index (κ1) is 11.5. The molecule has 0 fully saturated rings. The zero-order valence-corrected chi connectivity index (χ0v) is 5.73. The molecule has 0 saturated carbocycles. The summed E-state index contributed by atoms with van der Waals surface area (Å²) in [5, 5.41) is 0. The monoisotopic (exact) mass is 219 g/mol. The van der Waals surface area contributed by atoms with Gasteiger partial charge in [-0.15, -0.1) is 4.36 Å². The molecule has 0 rings (SSSR count). The smallest absolute Gasteiger partial charge is 0.180 e. The molecule has 0 amide bonds. The molecule has 0 radical (unpaired) electrons. The zero-order valence-electron chi connectivity index (χ0n) is 4.91. The van der Waals surface area contributed by atoms with Crippen LogP contribution in [-0.2, 0) is 10.5 Å². The fourth-order valence-electron chi connectivity index (χ4n) is 0.185. The SMILES string of the molecule is O=S(F)(F)=NC(F)(F)C(F)(F)F. The number of hydrogen-bond acceptors (Lipinski definition) is 2. The van der Waals surface area contributed by atoms with E-state index in [-0.39, 0.29) is 0 Å². The van der Waals surface area contributed by atoms with Gasteiger partial charge >= 0.3 is 22.7 Å². The van der Waals surface area contributed by atoms with Crippen LogP contribution in [0.5, 0.6) is 0 Å². The van der Waals surface area contributed by atoms with Crippen LogP contribution in [0.4, 0.5) is 29.7 Å². The molecule has 10 heteroatoms. The summed E-state index contributed by atoms with van der Waals surface area (Å²) in [5.74, 6) is 0. The lowest BCUT2D eigenvalue weighted by Gasteiger charge is -2.12. The van der Waals surface area contributed by atoms with E-state index in [1.807, 2.05) is 0 Å². The van der Waals surface area contributed by atoms with Crippen molar-refractivity contribution in [1.29, 1.82) is 0 Å². The Bertz CT molecular complexity index is 264. The maximum atomic E-state index is 11.5. The van der Waals surface area contributed by atoms with Crippen molar-refractivity contribution < 1.29 is 33.9 Å². The summed E-state index contributed by atoms with van der Waals surface area (Å²) < 4.78 is 88.1. The number of rotatable bonds is 1. The molecule has 0 N–H and O–H groups in total. The lowest BCUT2D eigenvalue weighted by molar-refractivity contribution is -0.277. The van der Waals surface area contributed by atoms with E-state index in [1.165, 1.54) is 0 Å². The zero-order chi connectivity index (χ0) is 10.2. The van der Waals surface area contributed by atoms with Gasteiger partial charge in [-0.3, -0.25) is 0 Å². The molecule has 0 aliphatic heterocycles. The van der Waals surface area contributed by atoms with Gasteiger partial charge in [-0.25, -0.2) is 0 Å². The Balaban J connectivity index is 5.05. The second-order valence-corrected chi connectivity index (χ2v) is 2.50. The summed E-state index contributed by atoms with van der Waals surface area (Å²) in [7, 11) is -6.46. The Morgan fingerprint density at radius 2 is 1.33 bits per heavy atom. The van der Waals surface area contributed by atoms with Gasteiger partial charge in [0.15, 0.2) is 0 Å². The van der Waals surface area contributed by atoms with E-state index in [1.54, 1.807) is 0 Å². The molecular formula is C2F7NOS. The lowest BCUT2D eigenvalue weighted by atomic mass is 10.6. The Morgan fingerprint density at radius 3 is 1.42 bits per heavy atom. The van der Waals surface area contributed by atoms with Gasteiger partial charge in [-0.05, 0) is 0 Å². The molecule has 0 aromatic carbocycles. The molecule has 0 unspecified atom stereocenters. The molecule has 0 aliphatic rings. The second kappa shape index (κ2) is 2.75. The fourth-order valence-corrected chi connectivity index (χ4v) is 0.556. The van der Waals surface area contributed by atoms with E-state index in [0.29, 0.717) is 4.36 Å². The van der Waals surface area contributed by atoms with Gasteiger partial charge < -0.3 is 0 Å². The number of nitrogens with zero attached hydrogens (tertiary/aromatic N) is 1. The minimum absolute atomic E-state index is 0.549. The van der Waals surface area contributed by atoms with Crippen LogP contribution >= 0.6 is 0 Å². The third-order valence-corrected chi connectivity index (χ3v) is 1.00. The third-order valence-electron chi connectivity index (χ3n) is 0.562. The van der Waals surface area contributed by atoms with Crippen molar-refractivity contribution in [2.24, 2.45) is 4.36 Å². The quantitative estimate of drug-likeness (QED) is 0.378. The summed E-state index contributed by atoms with van der Waals surface area (Å²) in [6, 6.07) is -5.98. The molecule has 2 nitrogen and oxygen atoms in total. The molecule has 0 saturated heterocycles. The largest absolute Gasteiger partial charge is 0.478 e. The second-order valence-electron chi connectivity index (χ2n) is 1.53. The van der Waals surface area contributed by atoms with Crippen molar-refractivity contribution in [2.75, 3.05) is 0 Å². The van der Waals surface area contributed by atoms with Gasteiger partial charge in [0.25, 0.3) is 0 Å². The average molecular weight is 219 g/mol. The van der Waals surface area contributed by atoms with Crippen molar-refractivity contribution in [3.63, 3.8) is 0 Å². The summed E-state index contributed by atoms with van der Waals surface area (Å²) >= 11 is 0. The maximum Gasteiger partial charge on any atom is 0.478 e. The predicted octanol–water partition coefficient (Wildman–Crippen LogP) is 2.38. The van der Waals surface area contributed by atoms with Crippen LogP contribution in [0.3, 0.4) is 0 Å². The number of halogens is 7. The molecule has 0 atom stereocenters. The lowest BCUT2D eigenvalue weighted by Crippen LogP contribution is -2.34. The Kier molecular flexibility index (Phi) is 2.62. The molecule has 0 aliphatic carbocycles. The highest BCUT2D eigenvalue weighted by Crippen LogP contribution is 2.37. The average Bonchev–Trinajstić information content (AvgIpc) is 1.52. The Morgan fingerprint density at radius 1 is 1.00 bits per heavy atom. The van der Waals surface area contributed by atoms with Gasteiger partial charge in [-0.2, -0.15) is 26.2 Å². The first-order valence-electron chi connectivity index (χ1n) is 2.08. The van der Waals surface area contributed by atoms with Crippen molar-refractivity contribution in [3.8, 4) is 0 Å². The van der Waals surface area contributed by atoms with Crippen LogP contribution in [-0.4, -0.2) is 16.4 Å². The summed E-state index contributed by atoms with van der Waals surface area (Å²) in [6.45, 7) is 0. The normalized spacial score (nSPS) is 14.6. The van der Waals surface area contributed by atoms with Crippen molar-refractivity contribution >= 4 is 10.5 Å².